The van der Waals surface area contributed by atoms with Crippen LogP contribution in [0.4, 0.5) is 14.6 Å². The number of esters is 1. The van der Waals surface area contributed by atoms with Crippen LogP contribution in [0.25, 0.3) is 0 Å². The molecule has 0 amide bonds. The Morgan fingerprint density at radius 2 is 2.20 bits per heavy atom. The van der Waals surface area contributed by atoms with Crippen molar-refractivity contribution in [2.45, 2.75) is 19.8 Å². The van der Waals surface area contributed by atoms with Crippen molar-refractivity contribution in [3.05, 3.63) is 27.4 Å². The molecule has 7 nitrogen and oxygen atoms in total. The lowest BCUT2D eigenvalue weighted by Crippen LogP contribution is -2.11. The van der Waals surface area contributed by atoms with Gasteiger partial charge in [0.15, 0.2) is 0 Å². The molecule has 0 N–H and O–H groups in total. The summed E-state index contributed by atoms with van der Waals surface area (Å²) in [7, 11) is 1.13. The summed E-state index contributed by atoms with van der Waals surface area (Å²) in [6, 6.07) is 0.896. The van der Waals surface area contributed by atoms with Crippen molar-refractivity contribution in [2.75, 3.05) is 13.7 Å². The number of methoxy groups -OCH3 is 1. The SMILES string of the molecule is CCOC(=O)Cc1cc(C(F)F)nc([N+](=O)[O-])c1OC. The minimum atomic E-state index is -3.00. The molecule has 1 heterocycles. The largest absolute Gasteiger partial charge is 0.489 e. The van der Waals surface area contributed by atoms with Crippen LogP contribution in [-0.2, 0) is 16.0 Å². The number of alkyl halides is 2. The van der Waals surface area contributed by atoms with Gasteiger partial charge in [0.1, 0.15) is 0 Å². The molecule has 0 saturated carbocycles. The third-order valence-corrected chi connectivity index (χ3v) is 2.29. The van der Waals surface area contributed by atoms with Crippen LogP contribution in [0, 0.1) is 10.1 Å². The maximum atomic E-state index is 12.7. The number of carbonyl (C=O) groups is 1. The van der Waals surface area contributed by atoms with E-state index in [-0.39, 0.29) is 17.9 Å². The first-order valence-corrected chi connectivity index (χ1v) is 5.56. The number of hydrogen-bond acceptors (Lipinski definition) is 6. The van der Waals surface area contributed by atoms with Gasteiger partial charge in [0, 0.05) is 5.56 Å². The highest BCUT2D eigenvalue weighted by atomic mass is 19.3. The third-order valence-electron chi connectivity index (χ3n) is 2.29. The van der Waals surface area contributed by atoms with E-state index >= 15 is 0 Å². The maximum absolute atomic E-state index is 12.7. The van der Waals surface area contributed by atoms with Crippen molar-refractivity contribution in [3.8, 4) is 5.75 Å². The zero-order valence-corrected chi connectivity index (χ0v) is 10.8. The molecule has 0 aliphatic rings. The van der Waals surface area contributed by atoms with Crippen molar-refractivity contribution in [3.63, 3.8) is 0 Å². The van der Waals surface area contributed by atoms with E-state index in [1.54, 1.807) is 6.92 Å². The molecule has 0 aliphatic carbocycles. The Kier molecular flexibility index (Phi) is 5.30. The zero-order chi connectivity index (χ0) is 15.3. The summed E-state index contributed by atoms with van der Waals surface area (Å²) in [6.45, 7) is 1.69. The van der Waals surface area contributed by atoms with Crippen LogP contribution in [-0.4, -0.2) is 29.6 Å². The monoisotopic (exact) mass is 290 g/mol. The topological polar surface area (TPSA) is 91.6 Å². The lowest BCUT2D eigenvalue weighted by atomic mass is 10.1. The van der Waals surface area contributed by atoms with Crippen molar-refractivity contribution in [2.24, 2.45) is 0 Å². The number of halogens is 2. The number of hydrogen-bond donors (Lipinski definition) is 0. The van der Waals surface area contributed by atoms with Crippen molar-refractivity contribution in [1.29, 1.82) is 0 Å². The molecular formula is C11H12F2N2O5. The van der Waals surface area contributed by atoms with Gasteiger partial charge in [-0.25, -0.2) is 8.78 Å². The minimum absolute atomic E-state index is 0.0667. The summed E-state index contributed by atoms with van der Waals surface area (Å²) in [4.78, 5) is 24.5. The number of carbonyl (C=O) groups excluding carboxylic acids is 1. The second-order valence-electron chi connectivity index (χ2n) is 3.60. The summed E-state index contributed by atoms with van der Waals surface area (Å²) < 4.78 is 34.8. The lowest BCUT2D eigenvalue weighted by Gasteiger charge is -2.09. The molecule has 110 valence electrons. The predicted molar refractivity (Wildman–Crippen MR) is 62.7 cm³/mol. The van der Waals surface area contributed by atoms with Crippen LogP contribution in [0.2, 0.25) is 0 Å². The maximum Gasteiger partial charge on any atom is 0.406 e. The summed E-state index contributed by atoms with van der Waals surface area (Å²) in [5.41, 5.74) is -0.861. The summed E-state index contributed by atoms with van der Waals surface area (Å²) in [5.74, 6) is -1.89. The van der Waals surface area contributed by atoms with Crippen molar-refractivity contribution < 1.29 is 28.0 Å². The van der Waals surface area contributed by atoms with Gasteiger partial charge in [-0.3, -0.25) is 4.79 Å². The Balaban J connectivity index is 3.31. The molecule has 1 aromatic heterocycles. The molecular weight excluding hydrogens is 278 g/mol. The quantitative estimate of drug-likeness (QED) is 0.452. The Bertz CT molecular complexity index is 522. The minimum Gasteiger partial charge on any atom is -0.489 e. The first kappa shape index (κ1) is 15.7. The van der Waals surface area contributed by atoms with Gasteiger partial charge in [-0.1, -0.05) is 0 Å². The zero-order valence-electron chi connectivity index (χ0n) is 10.8. The van der Waals surface area contributed by atoms with Crippen LogP contribution in [0.3, 0.4) is 0 Å². The van der Waals surface area contributed by atoms with Gasteiger partial charge in [-0.05, 0) is 22.9 Å². The molecule has 0 radical (unpaired) electrons. The van der Waals surface area contributed by atoms with E-state index < -0.39 is 35.3 Å². The molecule has 0 bridgehead atoms. The van der Waals surface area contributed by atoms with Crippen LogP contribution >= 0.6 is 0 Å². The fourth-order valence-corrected chi connectivity index (χ4v) is 1.55. The van der Waals surface area contributed by atoms with E-state index in [2.05, 4.69) is 9.72 Å². The molecule has 20 heavy (non-hydrogen) atoms. The molecule has 0 spiro atoms. The molecule has 1 rings (SSSR count). The number of nitrogens with zero attached hydrogens (tertiary/aromatic N) is 2. The number of pyridine rings is 1. The van der Waals surface area contributed by atoms with Gasteiger partial charge in [-0.2, -0.15) is 0 Å². The third kappa shape index (κ3) is 3.59. The van der Waals surface area contributed by atoms with Crippen molar-refractivity contribution in [1.82, 2.24) is 4.98 Å². The Hall–Kier alpha value is -2.32. The first-order valence-electron chi connectivity index (χ1n) is 5.56. The molecule has 0 aliphatic heterocycles. The molecule has 0 atom stereocenters. The van der Waals surface area contributed by atoms with E-state index in [0.29, 0.717) is 0 Å². The van der Waals surface area contributed by atoms with E-state index in [1.165, 1.54) is 0 Å². The highest BCUT2D eigenvalue weighted by Crippen LogP contribution is 2.33. The molecule has 0 saturated heterocycles. The Morgan fingerprint density at radius 3 is 2.65 bits per heavy atom. The second-order valence-corrected chi connectivity index (χ2v) is 3.60. The van der Waals surface area contributed by atoms with E-state index in [9.17, 15) is 23.7 Å². The van der Waals surface area contributed by atoms with Gasteiger partial charge in [0.2, 0.25) is 11.4 Å². The van der Waals surface area contributed by atoms with Crippen LogP contribution in [0.1, 0.15) is 24.6 Å². The number of ether oxygens (including phenoxy) is 2. The number of aromatic nitrogens is 1. The van der Waals surface area contributed by atoms with Gasteiger partial charge in [0.05, 0.1) is 20.1 Å². The normalized spacial score (nSPS) is 10.4. The molecule has 0 fully saturated rings. The van der Waals surface area contributed by atoms with Gasteiger partial charge in [0.25, 0.3) is 0 Å². The average molecular weight is 290 g/mol. The molecule has 1 aromatic rings. The number of nitro groups is 1. The second kappa shape index (κ2) is 6.73. The van der Waals surface area contributed by atoms with E-state index in [0.717, 1.165) is 13.2 Å². The van der Waals surface area contributed by atoms with Crippen LogP contribution in [0.15, 0.2) is 6.07 Å². The number of rotatable bonds is 6. The van der Waals surface area contributed by atoms with E-state index in [1.807, 2.05) is 0 Å². The van der Waals surface area contributed by atoms with Gasteiger partial charge >= 0.3 is 18.2 Å². The smallest absolute Gasteiger partial charge is 0.406 e. The van der Waals surface area contributed by atoms with Crippen molar-refractivity contribution >= 4 is 11.8 Å². The van der Waals surface area contributed by atoms with E-state index in [4.69, 9.17) is 4.74 Å². The first-order chi connectivity index (χ1) is 9.40. The van der Waals surface area contributed by atoms with Gasteiger partial charge in [-0.15, -0.1) is 0 Å². The summed E-state index contributed by atoms with van der Waals surface area (Å²) >= 11 is 0. The fraction of sp³-hybridized carbons (Fsp3) is 0.455. The predicted octanol–water partition coefficient (Wildman–Crippen LogP) is 2.04. The van der Waals surface area contributed by atoms with Crippen LogP contribution < -0.4 is 4.74 Å². The standard InChI is InChI=1S/C11H12F2N2O5/c1-3-20-8(16)5-6-4-7(10(12)13)14-11(15(17)18)9(6)19-2/h4,10H,3,5H2,1-2H3. The summed E-state index contributed by atoms with van der Waals surface area (Å²) in [5, 5.41) is 10.8. The van der Waals surface area contributed by atoms with Crippen LogP contribution in [0.5, 0.6) is 5.75 Å². The molecule has 0 unspecified atom stereocenters. The Labute approximate surface area is 112 Å². The highest BCUT2D eigenvalue weighted by Gasteiger charge is 2.28. The lowest BCUT2D eigenvalue weighted by molar-refractivity contribution is -0.390. The highest BCUT2D eigenvalue weighted by molar-refractivity contribution is 5.74. The molecule has 9 heteroatoms. The molecule has 0 aromatic carbocycles. The Morgan fingerprint density at radius 1 is 1.55 bits per heavy atom. The fourth-order valence-electron chi connectivity index (χ4n) is 1.55. The van der Waals surface area contributed by atoms with Gasteiger partial charge < -0.3 is 19.6 Å². The summed E-state index contributed by atoms with van der Waals surface area (Å²) in [6.07, 6.45) is -3.42. The average Bonchev–Trinajstić information content (AvgIpc) is 2.37.